The van der Waals surface area contributed by atoms with Crippen molar-refractivity contribution in [1.82, 2.24) is 34.3 Å². The van der Waals surface area contributed by atoms with Crippen LogP contribution in [-0.4, -0.2) is 74.1 Å². The van der Waals surface area contributed by atoms with E-state index in [1.807, 2.05) is 30.9 Å². The van der Waals surface area contributed by atoms with Gasteiger partial charge >= 0.3 is 0 Å². The summed E-state index contributed by atoms with van der Waals surface area (Å²) >= 11 is 0. The quantitative estimate of drug-likeness (QED) is 0.231. The van der Waals surface area contributed by atoms with E-state index < -0.39 is 0 Å². The molecule has 0 amide bonds. The van der Waals surface area contributed by atoms with Crippen molar-refractivity contribution in [2.24, 2.45) is 0 Å². The lowest BCUT2D eigenvalue weighted by molar-refractivity contribution is -0.0208. The van der Waals surface area contributed by atoms with E-state index in [9.17, 15) is 4.79 Å². The van der Waals surface area contributed by atoms with Crippen LogP contribution in [0, 0.1) is 12.0 Å². The van der Waals surface area contributed by atoms with Crippen LogP contribution in [0.1, 0.15) is 74.1 Å². The third-order valence-corrected chi connectivity index (χ3v) is 8.60. The summed E-state index contributed by atoms with van der Waals surface area (Å²) in [5.41, 5.74) is 4.50. The number of anilines is 2. The summed E-state index contributed by atoms with van der Waals surface area (Å²) < 4.78 is 7.64. The van der Waals surface area contributed by atoms with Gasteiger partial charge in [-0.3, -0.25) is 19.3 Å². The highest BCUT2D eigenvalue weighted by atomic mass is 16.5. The van der Waals surface area contributed by atoms with Crippen LogP contribution >= 0.6 is 0 Å². The van der Waals surface area contributed by atoms with Crippen molar-refractivity contribution in [2.75, 3.05) is 45.2 Å². The van der Waals surface area contributed by atoms with E-state index in [1.54, 1.807) is 29.2 Å². The van der Waals surface area contributed by atoms with Crippen molar-refractivity contribution in [3.05, 3.63) is 81.8 Å². The molecule has 0 spiro atoms. The number of fused-ring (bicyclic) bond motifs is 1. The zero-order valence-corrected chi connectivity index (χ0v) is 25.8. The van der Waals surface area contributed by atoms with E-state index in [-0.39, 0.29) is 18.2 Å². The van der Waals surface area contributed by atoms with Gasteiger partial charge in [0.25, 0.3) is 5.56 Å². The molecule has 1 N–H and O–H groups in total. The molecule has 2 aliphatic rings. The molecule has 2 fully saturated rings. The van der Waals surface area contributed by atoms with Gasteiger partial charge in [0, 0.05) is 67.8 Å². The third-order valence-electron chi connectivity index (χ3n) is 8.60. The number of pyridine rings is 1. The number of nitrogens with zero attached hydrogens (tertiary/aromatic N) is 7. The second-order valence-corrected chi connectivity index (χ2v) is 11.6. The van der Waals surface area contributed by atoms with E-state index >= 15 is 0 Å². The van der Waals surface area contributed by atoms with Gasteiger partial charge in [0.1, 0.15) is 5.65 Å². The molecule has 4 aromatic rings. The smallest absolute Gasteiger partial charge is 0.268 e. The van der Waals surface area contributed by atoms with Gasteiger partial charge in [-0.05, 0) is 63.4 Å². The minimum absolute atomic E-state index is 0.0587. The summed E-state index contributed by atoms with van der Waals surface area (Å²) in [4.78, 5) is 37.1. The summed E-state index contributed by atoms with van der Waals surface area (Å²) in [6.07, 6.45) is 9.82. The molecular weight excluding hydrogens is 552 g/mol. The van der Waals surface area contributed by atoms with Crippen molar-refractivity contribution in [3.63, 3.8) is 0 Å². The van der Waals surface area contributed by atoms with Gasteiger partial charge in [-0.15, -0.1) is 0 Å². The predicted molar refractivity (Wildman–Crippen MR) is 172 cm³/mol. The zero-order chi connectivity index (χ0) is 30.5. The number of hydrogen-bond donors (Lipinski definition) is 1. The Hall–Kier alpha value is -4.33. The molecule has 0 radical (unpaired) electrons. The molecule has 10 heteroatoms. The number of benzene rings is 1. The van der Waals surface area contributed by atoms with Crippen LogP contribution in [0.15, 0.2) is 53.7 Å². The van der Waals surface area contributed by atoms with E-state index in [4.69, 9.17) is 19.7 Å². The van der Waals surface area contributed by atoms with Crippen molar-refractivity contribution < 1.29 is 4.74 Å². The Morgan fingerprint density at radius 2 is 1.84 bits per heavy atom. The maximum absolute atomic E-state index is 14.0. The third kappa shape index (κ3) is 6.59. The summed E-state index contributed by atoms with van der Waals surface area (Å²) in [6, 6.07) is 13.1. The van der Waals surface area contributed by atoms with Gasteiger partial charge in [0.2, 0.25) is 5.95 Å². The van der Waals surface area contributed by atoms with E-state index in [2.05, 4.69) is 46.3 Å². The molecule has 1 aliphatic carbocycles. The van der Waals surface area contributed by atoms with Gasteiger partial charge in [0.15, 0.2) is 0 Å². The molecule has 1 aliphatic heterocycles. The molecule has 1 saturated carbocycles. The first kappa shape index (κ1) is 29.7. The van der Waals surface area contributed by atoms with Gasteiger partial charge < -0.3 is 19.9 Å². The Balaban J connectivity index is 1.36. The molecule has 44 heavy (non-hydrogen) atoms. The lowest BCUT2D eigenvalue weighted by Crippen LogP contribution is -2.35. The van der Waals surface area contributed by atoms with Crippen molar-refractivity contribution in [1.29, 1.82) is 0 Å². The van der Waals surface area contributed by atoms with Crippen LogP contribution < -0.4 is 10.9 Å². The summed E-state index contributed by atoms with van der Waals surface area (Å²) in [5, 5.41) is 4.06. The molecule has 1 atom stereocenters. The maximum Gasteiger partial charge on any atom is 0.268 e. The van der Waals surface area contributed by atoms with Gasteiger partial charge in [-0.1, -0.05) is 25.0 Å². The summed E-state index contributed by atoms with van der Waals surface area (Å²) in [5.74, 6) is 3.88. The summed E-state index contributed by atoms with van der Waals surface area (Å²) in [7, 11) is 2.11. The fourth-order valence-corrected chi connectivity index (χ4v) is 6.06. The fourth-order valence-electron chi connectivity index (χ4n) is 6.06. The second kappa shape index (κ2) is 13.5. The number of aromatic nitrogens is 5. The van der Waals surface area contributed by atoms with Crippen molar-refractivity contribution >= 4 is 22.7 Å². The first-order valence-corrected chi connectivity index (χ1v) is 15.7. The Morgan fingerprint density at radius 1 is 1.07 bits per heavy atom. The largest absolute Gasteiger partial charge is 0.371 e. The van der Waals surface area contributed by atoms with Crippen molar-refractivity contribution in [3.8, 4) is 12.0 Å². The molecule has 228 valence electrons. The highest BCUT2D eigenvalue weighted by Crippen LogP contribution is 2.34. The maximum atomic E-state index is 14.0. The van der Waals surface area contributed by atoms with Crippen LogP contribution in [0.5, 0.6) is 0 Å². The number of nitrogens with one attached hydrogen (secondary N) is 1. The molecule has 4 heterocycles. The molecular formula is C34H40N8O2. The lowest BCUT2D eigenvalue weighted by atomic mass is 10.0. The van der Waals surface area contributed by atoms with Gasteiger partial charge in [0.05, 0.1) is 36.2 Å². The number of likely N-dealkylation sites (N-methyl/N-ethyl adjacent to an activating group) is 1. The molecule has 1 saturated heterocycles. The van der Waals surface area contributed by atoms with Gasteiger partial charge in [-0.25, -0.2) is 4.98 Å². The predicted octanol–water partition coefficient (Wildman–Crippen LogP) is 4.68. The molecule has 10 nitrogen and oxygen atoms in total. The molecule has 0 bridgehead atoms. The number of rotatable bonds is 8. The average molecular weight is 593 g/mol. The Kier molecular flexibility index (Phi) is 9.15. The minimum atomic E-state index is -0.202. The molecule has 6 rings (SSSR count). The van der Waals surface area contributed by atoms with Crippen molar-refractivity contribution in [2.45, 2.75) is 58.1 Å². The molecule has 1 aromatic carbocycles. The van der Waals surface area contributed by atoms with Crippen LogP contribution in [-0.2, 0) is 11.3 Å². The monoisotopic (exact) mass is 592 g/mol. The van der Waals surface area contributed by atoms with Crippen LogP contribution in [0.4, 0.5) is 11.6 Å². The van der Waals surface area contributed by atoms with Crippen LogP contribution in [0.3, 0.4) is 0 Å². The second-order valence-electron chi connectivity index (χ2n) is 11.6. The lowest BCUT2D eigenvalue weighted by Gasteiger charge is -2.30. The highest BCUT2D eigenvalue weighted by Gasteiger charge is 2.23. The normalized spacial score (nSPS) is 17.4. The average Bonchev–Trinajstić information content (AvgIpc) is 3.59. The zero-order valence-electron chi connectivity index (χ0n) is 25.8. The first-order valence-electron chi connectivity index (χ1n) is 15.7. The van der Waals surface area contributed by atoms with Gasteiger partial charge in [-0.2, -0.15) is 4.98 Å². The Morgan fingerprint density at radius 3 is 2.59 bits per heavy atom. The van der Waals surface area contributed by atoms with Crippen LogP contribution in [0.2, 0.25) is 0 Å². The van der Waals surface area contributed by atoms with E-state index in [0.29, 0.717) is 23.1 Å². The standard InChI is InChI=1S/C34H40N8O2/c1-4-41(5-2)17-14-26-20-27-21-37-34(38-28-12-10-24(11-13-28)30-23-40(3)18-19-44-30)39-32(27)42(33(26)43)22-29-31(36-16-15-35-29)25-8-6-7-9-25/h10-13,15-16,20-21,25,30H,4-9,18-19,22-23H2,1-3H3,(H,37,38,39). The first-order chi connectivity index (χ1) is 21.5. The number of hydrogen-bond acceptors (Lipinski definition) is 9. The van der Waals surface area contributed by atoms with E-state index in [1.165, 1.54) is 12.8 Å². The minimum Gasteiger partial charge on any atom is -0.371 e. The molecule has 1 unspecified atom stereocenters. The topological polar surface area (TPSA) is 101 Å². The Bertz CT molecular complexity index is 1720. The number of morpholine rings is 1. The SMILES string of the molecule is CCN(C#Cc1cc2cnc(Nc3ccc(C4CN(C)CCO4)cc3)nc2n(Cc2nccnc2C2CCCC2)c1=O)CC. The van der Waals surface area contributed by atoms with E-state index in [0.717, 1.165) is 73.7 Å². The highest BCUT2D eigenvalue weighted by molar-refractivity contribution is 5.77. The summed E-state index contributed by atoms with van der Waals surface area (Å²) in [6.45, 7) is 8.46. The fraction of sp³-hybridized carbons (Fsp3) is 0.441. The van der Waals surface area contributed by atoms with Crippen LogP contribution in [0.25, 0.3) is 11.0 Å². The Labute approximate surface area is 258 Å². The molecule has 3 aromatic heterocycles. The number of ether oxygens (including phenoxy) is 1.